The molecule has 3 aliphatic rings. The van der Waals surface area contributed by atoms with Crippen molar-refractivity contribution >= 4 is 40.6 Å². The monoisotopic (exact) mass is 547 g/mol. The van der Waals surface area contributed by atoms with Crippen molar-refractivity contribution in [3.63, 3.8) is 0 Å². The van der Waals surface area contributed by atoms with Gasteiger partial charge in [-0.15, -0.1) is 0 Å². The fourth-order valence-electron chi connectivity index (χ4n) is 6.56. The van der Waals surface area contributed by atoms with E-state index in [0.29, 0.717) is 22.7 Å². The molecule has 0 aromatic heterocycles. The van der Waals surface area contributed by atoms with Crippen LogP contribution in [-0.4, -0.2) is 87.9 Å². The largest absolute Gasteiger partial charge is 0.507 e. The number of halogens is 1. The van der Waals surface area contributed by atoms with Gasteiger partial charge in [-0.2, -0.15) is 0 Å². The quantitative estimate of drug-likeness (QED) is 0.437. The zero-order valence-electron chi connectivity index (χ0n) is 22.2. The standard InChI is InChI=1S/C27H34ClN3O7/c1-6-11(2)31(5)10-13-9-16(32)18-14(20(13)28)7-12-8-15-21(30(3)4)23(34)19(26(29)37)25(36)27(15,38)24(35)17(12)22(18)33/h9,11-12,15,17,19,21,32,38H,6-8,10H2,1-5H3,(H2,29,37)/t11?,12-,15-,17?,19?,21-,27-/m0/s1. The third-order valence-electron chi connectivity index (χ3n) is 8.83. The van der Waals surface area contributed by atoms with E-state index >= 15 is 0 Å². The number of ketones is 4. The van der Waals surface area contributed by atoms with Crippen molar-refractivity contribution in [3.8, 4) is 5.75 Å². The summed E-state index contributed by atoms with van der Waals surface area (Å²) in [4.78, 5) is 69.5. The van der Waals surface area contributed by atoms with Crippen molar-refractivity contribution in [2.45, 2.75) is 57.3 Å². The number of phenolic OH excluding ortho intramolecular Hbond substituents is 1. The summed E-state index contributed by atoms with van der Waals surface area (Å²) in [6.45, 7) is 4.55. The number of primary amides is 1. The number of nitrogens with zero attached hydrogens (tertiary/aromatic N) is 2. The number of carbonyl (C=O) groups is 5. The molecule has 4 rings (SSSR count). The number of fused-ring (bicyclic) bond motifs is 3. The van der Waals surface area contributed by atoms with Crippen LogP contribution >= 0.6 is 11.6 Å². The second kappa shape index (κ2) is 9.82. The molecule has 0 saturated heterocycles. The van der Waals surface area contributed by atoms with E-state index in [1.807, 2.05) is 7.05 Å². The SMILES string of the molecule is CCC(C)N(C)Cc1cc(O)c2c(c1Cl)C[C@H]1C[C@H]3[C@H](N(C)C)C(=O)C(C(N)=O)C(=O)[C@@]3(O)C(=O)C1C2=O. The summed E-state index contributed by atoms with van der Waals surface area (Å²) < 4.78 is 0. The van der Waals surface area contributed by atoms with Crippen LogP contribution < -0.4 is 5.73 Å². The molecule has 38 heavy (non-hydrogen) atoms. The first kappa shape index (κ1) is 28.4. The Bertz CT molecular complexity index is 1250. The summed E-state index contributed by atoms with van der Waals surface area (Å²) in [5.41, 5.74) is 3.53. The van der Waals surface area contributed by atoms with Crippen molar-refractivity contribution in [3.05, 3.63) is 27.8 Å². The Balaban J connectivity index is 1.81. The lowest BCUT2D eigenvalue weighted by molar-refractivity contribution is -0.181. The molecule has 0 radical (unpaired) electrons. The molecule has 2 fully saturated rings. The van der Waals surface area contributed by atoms with Gasteiger partial charge in [0.25, 0.3) is 0 Å². The van der Waals surface area contributed by atoms with Crippen LogP contribution in [0.1, 0.15) is 48.2 Å². The van der Waals surface area contributed by atoms with Crippen molar-refractivity contribution < 1.29 is 34.2 Å². The molecule has 1 amide bonds. The minimum atomic E-state index is -2.74. The average molecular weight is 548 g/mol. The van der Waals surface area contributed by atoms with E-state index in [1.54, 1.807) is 14.1 Å². The molecule has 2 saturated carbocycles. The van der Waals surface area contributed by atoms with E-state index in [4.69, 9.17) is 17.3 Å². The van der Waals surface area contributed by atoms with Crippen LogP contribution in [0, 0.1) is 23.7 Å². The Morgan fingerprint density at radius 2 is 1.84 bits per heavy atom. The summed E-state index contributed by atoms with van der Waals surface area (Å²) in [5.74, 6) is -10.7. The Hall–Kier alpha value is -2.66. The fourth-order valence-corrected chi connectivity index (χ4v) is 6.84. The maximum Gasteiger partial charge on any atom is 0.235 e. The van der Waals surface area contributed by atoms with Gasteiger partial charge in [0.05, 0.1) is 17.5 Å². The van der Waals surface area contributed by atoms with Crippen LogP contribution in [0.3, 0.4) is 0 Å². The molecule has 206 valence electrons. The summed E-state index contributed by atoms with van der Waals surface area (Å²) in [6.07, 6.45) is 1.03. The number of nitrogens with two attached hydrogens (primary N) is 1. The van der Waals surface area contributed by atoms with Crippen molar-refractivity contribution in [2.75, 3.05) is 21.1 Å². The molecule has 7 atom stereocenters. The molecule has 10 nitrogen and oxygen atoms in total. The number of amides is 1. The van der Waals surface area contributed by atoms with Gasteiger partial charge in [-0.1, -0.05) is 18.5 Å². The molecule has 11 heteroatoms. The number of aromatic hydroxyl groups is 1. The summed E-state index contributed by atoms with van der Waals surface area (Å²) in [6, 6.07) is 0.520. The smallest absolute Gasteiger partial charge is 0.235 e. The molecule has 3 unspecified atom stereocenters. The number of benzene rings is 1. The van der Waals surface area contributed by atoms with Crippen LogP contribution in [0.4, 0.5) is 0 Å². The van der Waals surface area contributed by atoms with Gasteiger partial charge >= 0.3 is 0 Å². The molecule has 1 aromatic rings. The molecule has 4 N–H and O–H groups in total. The predicted molar refractivity (Wildman–Crippen MR) is 138 cm³/mol. The number of phenols is 1. The number of rotatable bonds is 6. The highest BCUT2D eigenvalue weighted by atomic mass is 35.5. The number of Topliss-reactive ketones (excluding diaryl/α,β-unsaturated/α-hetero) is 4. The third kappa shape index (κ3) is 4.00. The van der Waals surface area contributed by atoms with E-state index < -0.39 is 64.4 Å². The molecule has 0 bridgehead atoms. The lowest BCUT2D eigenvalue weighted by Gasteiger charge is -2.52. The Kier molecular flexibility index (Phi) is 7.33. The van der Waals surface area contributed by atoms with E-state index in [9.17, 15) is 34.2 Å². The molecule has 1 aromatic carbocycles. The van der Waals surface area contributed by atoms with Crippen molar-refractivity contribution in [2.24, 2.45) is 29.4 Å². The highest BCUT2D eigenvalue weighted by Crippen LogP contribution is 2.51. The summed E-state index contributed by atoms with van der Waals surface area (Å²) >= 11 is 6.78. The second-order valence-electron chi connectivity index (χ2n) is 11.2. The molecule has 0 spiro atoms. The second-order valence-corrected chi connectivity index (χ2v) is 11.6. The summed E-state index contributed by atoms with van der Waals surface area (Å²) in [7, 11) is 5.02. The van der Waals surface area contributed by atoms with Crippen LogP contribution in [0.25, 0.3) is 0 Å². The molecular weight excluding hydrogens is 514 g/mol. The maximum atomic E-state index is 13.8. The van der Waals surface area contributed by atoms with E-state index in [-0.39, 0.29) is 30.2 Å². The Morgan fingerprint density at radius 3 is 2.39 bits per heavy atom. The molecule has 3 aliphatic carbocycles. The van der Waals surface area contributed by atoms with E-state index in [2.05, 4.69) is 18.7 Å². The number of likely N-dealkylation sites (N-methyl/N-ethyl adjacent to an activating group) is 1. The predicted octanol–water partition coefficient (Wildman–Crippen LogP) is 0.751. The van der Waals surface area contributed by atoms with Crippen LogP contribution in [0.2, 0.25) is 5.02 Å². The molecule has 0 heterocycles. The molecular formula is C27H34ClN3O7. The Labute approximate surface area is 226 Å². The minimum Gasteiger partial charge on any atom is -0.507 e. The van der Waals surface area contributed by atoms with Gasteiger partial charge in [-0.05, 0) is 70.4 Å². The van der Waals surface area contributed by atoms with E-state index in [1.165, 1.54) is 11.0 Å². The van der Waals surface area contributed by atoms with Gasteiger partial charge in [0.1, 0.15) is 5.75 Å². The normalized spacial score (nSPS) is 31.8. The topological polar surface area (TPSA) is 158 Å². The number of carbonyl (C=O) groups excluding carboxylic acids is 5. The zero-order chi connectivity index (χ0) is 28.4. The number of hydrogen-bond donors (Lipinski definition) is 3. The Morgan fingerprint density at radius 1 is 1.21 bits per heavy atom. The summed E-state index contributed by atoms with van der Waals surface area (Å²) in [5, 5.41) is 22.8. The fraction of sp³-hybridized carbons (Fsp3) is 0.593. The maximum absolute atomic E-state index is 13.8. The van der Waals surface area contributed by atoms with Crippen molar-refractivity contribution in [1.29, 1.82) is 0 Å². The van der Waals surface area contributed by atoms with Gasteiger partial charge in [-0.25, -0.2) is 0 Å². The molecule has 0 aliphatic heterocycles. The van der Waals surface area contributed by atoms with Crippen LogP contribution in [0.5, 0.6) is 5.75 Å². The number of hydrogen-bond acceptors (Lipinski definition) is 9. The van der Waals surface area contributed by atoms with E-state index in [0.717, 1.165) is 6.42 Å². The lowest BCUT2D eigenvalue weighted by atomic mass is 9.52. The van der Waals surface area contributed by atoms with Gasteiger partial charge in [0.15, 0.2) is 34.7 Å². The van der Waals surface area contributed by atoms with Crippen molar-refractivity contribution in [1.82, 2.24) is 9.80 Å². The van der Waals surface area contributed by atoms with Gasteiger partial charge in [-0.3, -0.25) is 33.8 Å². The minimum absolute atomic E-state index is 0.0159. The first-order chi connectivity index (χ1) is 17.7. The average Bonchev–Trinajstić information content (AvgIpc) is 2.83. The third-order valence-corrected chi connectivity index (χ3v) is 9.30. The lowest BCUT2D eigenvalue weighted by Crippen LogP contribution is -2.74. The van der Waals surface area contributed by atoms with Gasteiger partial charge < -0.3 is 15.9 Å². The zero-order valence-corrected chi connectivity index (χ0v) is 22.9. The number of aliphatic hydroxyl groups is 1. The van der Waals surface area contributed by atoms with Gasteiger partial charge in [0.2, 0.25) is 5.91 Å². The van der Waals surface area contributed by atoms with Crippen LogP contribution in [0.15, 0.2) is 6.07 Å². The van der Waals surface area contributed by atoms with Gasteiger partial charge in [0, 0.05) is 23.5 Å². The first-order valence-corrected chi connectivity index (χ1v) is 13.1. The highest BCUT2D eigenvalue weighted by molar-refractivity contribution is 6.34. The first-order valence-electron chi connectivity index (χ1n) is 12.8. The van der Waals surface area contributed by atoms with Crippen LogP contribution in [-0.2, 0) is 32.1 Å². The highest BCUT2D eigenvalue weighted by Gasteiger charge is 2.69.